The topological polar surface area (TPSA) is 162 Å². The zero-order valence-corrected chi connectivity index (χ0v) is 21.4. The summed E-state index contributed by atoms with van der Waals surface area (Å²) in [6.07, 6.45) is -0.0479. The van der Waals surface area contributed by atoms with Crippen LogP contribution in [-0.2, 0) is 49.4 Å². The van der Waals surface area contributed by atoms with Crippen LogP contribution in [-0.4, -0.2) is 68.5 Å². The molecule has 12 nitrogen and oxygen atoms in total. The van der Waals surface area contributed by atoms with Crippen LogP contribution in [0, 0.1) is 0 Å². The number of carbonyl (C=O) groups excluding carboxylic acids is 4. The summed E-state index contributed by atoms with van der Waals surface area (Å²) < 4.78 is 29.3. The Bertz CT molecular complexity index is 864. The van der Waals surface area contributed by atoms with Gasteiger partial charge in [0.05, 0.1) is 18.9 Å². The average Bonchev–Trinajstić information content (AvgIpc) is 3.37. The first kappa shape index (κ1) is 31.5. The Labute approximate surface area is 216 Å². The van der Waals surface area contributed by atoms with Crippen molar-refractivity contribution in [2.24, 2.45) is 5.73 Å². The van der Waals surface area contributed by atoms with Crippen molar-refractivity contribution in [2.45, 2.75) is 64.9 Å². The standard InChI is InChI=1S/C10H15NO5.C9H10O2.C6H11NO3/c1-3-5-15-10(13)11-7-6-8(12)16-9(7)14-4-2;1-8(10)11-7-9-5-3-2-4-6-9;1-2-9-6-4(7)3-5(8)10-6/h3,7,9H,1,4-6H2,2H3,(H,11,13);2-6H,7H2,1H3;4,6H,2-3,7H2,1H3/t7-,9+;;4-,6+/m0.0/s1. The van der Waals surface area contributed by atoms with Crippen molar-refractivity contribution in [3.63, 3.8) is 0 Å². The van der Waals surface area contributed by atoms with Gasteiger partial charge in [-0.25, -0.2) is 4.79 Å². The molecule has 2 aliphatic rings. The smallest absolute Gasteiger partial charge is 0.407 e. The molecule has 12 heteroatoms. The van der Waals surface area contributed by atoms with E-state index in [1.807, 2.05) is 37.3 Å². The van der Waals surface area contributed by atoms with E-state index in [1.54, 1.807) is 6.92 Å². The minimum Gasteiger partial charge on any atom is -0.461 e. The molecule has 0 aliphatic carbocycles. The van der Waals surface area contributed by atoms with Gasteiger partial charge >= 0.3 is 24.0 Å². The number of alkyl carbamates (subject to hydrolysis) is 1. The Morgan fingerprint density at radius 2 is 1.62 bits per heavy atom. The normalized spacial score (nSPS) is 21.7. The van der Waals surface area contributed by atoms with Crippen LogP contribution < -0.4 is 11.1 Å². The van der Waals surface area contributed by atoms with Crippen LogP contribution in [0.1, 0.15) is 39.2 Å². The molecule has 4 atom stereocenters. The van der Waals surface area contributed by atoms with Gasteiger partial charge in [0, 0.05) is 20.1 Å². The predicted octanol–water partition coefficient (Wildman–Crippen LogP) is 1.95. The third kappa shape index (κ3) is 13.4. The zero-order chi connectivity index (χ0) is 27.6. The van der Waals surface area contributed by atoms with Gasteiger partial charge in [0.15, 0.2) is 0 Å². The van der Waals surface area contributed by atoms with Crippen molar-refractivity contribution in [1.29, 1.82) is 0 Å². The molecule has 0 radical (unpaired) electrons. The van der Waals surface area contributed by atoms with E-state index in [1.165, 1.54) is 13.0 Å². The molecule has 3 rings (SSSR count). The largest absolute Gasteiger partial charge is 0.461 e. The molecule has 1 aromatic rings. The molecule has 2 saturated heterocycles. The Morgan fingerprint density at radius 3 is 2.16 bits per heavy atom. The van der Waals surface area contributed by atoms with Crippen molar-refractivity contribution in [1.82, 2.24) is 5.32 Å². The highest BCUT2D eigenvalue weighted by atomic mass is 16.7. The Hall–Kier alpha value is -3.48. The van der Waals surface area contributed by atoms with Gasteiger partial charge in [0.25, 0.3) is 0 Å². The quantitative estimate of drug-likeness (QED) is 0.276. The summed E-state index contributed by atoms with van der Waals surface area (Å²) in [7, 11) is 0. The van der Waals surface area contributed by atoms with Gasteiger partial charge < -0.3 is 39.5 Å². The van der Waals surface area contributed by atoms with Crippen LogP contribution in [0.4, 0.5) is 4.79 Å². The monoisotopic (exact) mass is 524 g/mol. The summed E-state index contributed by atoms with van der Waals surface area (Å²) in [5.41, 5.74) is 6.50. The third-order valence-corrected chi connectivity index (χ3v) is 4.54. The van der Waals surface area contributed by atoms with E-state index >= 15 is 0 Å². The molecule has 37 heavy (non-hydrogen) atoms. The maximum absolute atomic E-state index is 11.2. The van der Waals surface area contributed by atoms with Crippen molar-refractivity contribution >= 4 is 24.0 Å². The lowest BCUT2D eigenvalue weighted by atomic mass is 10.2. The molecule has 206 valence electrons. The number of carbonyl (C=O) groups is 4. The number of hydrogen-bond acceptors (Lipinski definition) is 11. The van der Waals surface area contributed by atoms with E-state index in [9.17, 15) is 19.2 Å². The minimum absolute atomic E-state index is 0.0911. The second-order valence-electron chi connectivity index (χ2n) is 7.60. The molecule has 1 amide bonds. The summed E-state index contributed by atoms with van der Waals surface area (Å²) in [6, 6.07) is 8.82. The second kappa shape index (κ2) is 17.9. The molecular formula is C25H36N2O10. The average molecular weight is 525 g/mol. The lowest BCUT2D eigenvalue weighted by Gasteiger charge is -2.17. The number of nitrogens with one attached hydrogen (secondary N) is 1. The number of benzene rings is 1. The minimum atomic E-state index is -0.728. The number of esters is 3. The SMILES string of the molecule is C=CCOC(=O)N[C@H]1CC(=O)O[C@H]1OCC.CC(=O)OCc1ccccc1.CCO[C@@H]1OC(=O)C[C@@H]1N. The van der Waals surface area contributed by atoms with Crippen molar-refractivity contribution < 1.29 is 47.6 Å². The maximum atomic E-state index is 11.2. The zero-order valence-electron chi connectivity index (χ0n) is 21.4. The Balaban J connectivity index is 0.000000288. The van der Waals surface area contributed by atoms with E-state index in [4.69, 9.17) is 34.2 Å². The first-order valence-corrected chi connectivity index (χ1v) is 11.8. The summed E-state index contributed by atoms with van der Waals surface area (Å²) in [5, 5.41) is 2.50. The molecule has 2 fully saturated rings. The summed E-state index contributed by atoms with van der Waals surface area (Å²) in [5.74, 6) is -0.910. The highest BCUT2D eigenvalue weighted by Gasteiger charge is 2.36. The molecule has 0 saturated carbocycles. The Morgan fingerprint density at radius 1 is 1.03 bits per heavy atom. The molecule has 3 N–H and O–H groups in total. The molecule has 0 aromatic heterocycles. The van der Waals surface area contributed by atoms with Crippen LogP contribution in [0.2, 0.25) is 0 Å². The number of nitrogens with two attached hydrogens (primary N) is 1. The van der Waals surface area contributed by atoms with Crippen LogP contribution in [0.15, 0.2) is 43.0 Å². The number of cyclic esters (lactones) is 2. The number of hydrogen-bond donors (Lipinski definition) is 2. The number of amides is 1. The van der Waals surface area contributed by atoms with Gasteiger partial charge in [-0.15, -0.1) is 0 Å². The molecule has 0 bridgehead atoms. The summed E-state index contributed by atoms with van der Waals surface area (Å²) in [6.45, 7) is 9.84. The van der Waals surface area contributed by atoms with Gasteiger partial charge in [-0.1, -0.05) is 43.0 Å². The van der Waals surface area contributed by atoms with Crippen molar-refractivity contribution in [2.75, 3.05) is 19.8 Å². The highest BCUT2D eigenvalue weighted by Crippen LogP contribution is 2.16. The molecule has 0 spiro atoms. The first-order chi connectivity index (χ1) is 17.7. The van der Waals surface area contributed by atoms with Crippen molar-refractivity contribution in [3.8, 4) is 0 Å². The molecule has 2 aliphatic heterocycles. The van der Waals surface area contributed by atoms with Crippen LogP contribution in [0.25, 0.3) is 0 Å². The number of rotatable bonds is 9. The van der Waals surface area contributed by atoms with E-state index in [2.05, 4.69) is 11.9 Å². The van der Waals surface area contributed by atoms with Gasteiger partial charge in [0.2, 0.25) is 12.6 Å². The predicted molar refractivity (Wildman–Crippen MR) is 131 cm³/mol. The second-order valence-corrected chi connectivity index (χ2v) is 7.60. The maximum Gasteiger partial charge on any atom is 0.407 e. The first-order valence-electron chi connectivity index (χ1n) is 11.8. The van der Waals surface area contributed by atoms with Gasteiger partial charge in [-0.3, -0.25) is 14.4 Å². The van der Waals surface area contributed by atoms with Crippen LogP contribution >= 0.6 is 0 Å². The van der Waals surface area contributed by atoms with Crippen molar-refractivity contribution in [3.05, 3.63) is 48.6 Å². The third-order valence-electron chi connectivity index (χ3n) is 4.54. The van der Waals surface area contributed by atoms with Gasteiger partial charge in [0.1, 0.15) is 19.3 Å². The number of ether oxygens (including phenoxy) is 6. The molecule has 1 aromatic carbocycles. The fourth-order valence-electron chi connectivity index (χ4n) is 2.93. The fraction of sp³-hybridized carbons (Fsp3) is 0.520. The van der Waals surface area contributed by atoms with Crippen LogP contribution in [0.5, 0.6) is 0 Å². The molecule has 0 unspecified atom stereocenters. The molecule has 2 heterocycles. The fourth-order valence-corrected chi connectivity index (χ4v) is 2.93. The van der Waals surface area contributed by atoms with Gasteiger partial charge in [-0.05, 0) is 19.4 Å². The summed E-state index contributed by atoms with van der Waals surface area (Å²) in [4.78, 5) is 43.2. The highest BCUT2D eigenvalue weighted by molar-refractivity contribution is 5.75. The van der Waals surface area contributed by atoms with Gasteiger partial charge in [-0.2, -0.15) is 0 Å². The van der Waals surface area contributed by atoms with E-state index in [0.29, 0.717) is 19.8 Å². The van der Waals surface area contributed by atoms with E-state index < -0.39 is 30.7 Å². The lowest BCUT2D eigenvalue weighted by Crippen LogP contribution is -2.41. The van der Waals surface area contributed by atoms with E-state index in [-0.39, 0.29) is 37.4 Å². The lowest BCUT2D eigenvalue weighted by molar-refractivity contribution is -0.164. The Kier molecular flexibility index (Phi) is 15.2. The molecular weight excluding hydrogens is 488 g/mol. The summed E-state index contributed by atoms with van der Waals surface area (Å²) >= 11 is 0. The van der Waals surface area contributed by atoms with Crippen LogP contribution in [0.3, 0.4) is 0 Å². The van der Waals surface area contributed by atoms with E-state index in [0.717, 1.165) is 5.56 Å².